The molecule has 1 heteroatoms. The molecular weight excluding hydrogens is 182 g/mol. The van der Waals surface area contributed by atoms with Crippen molar-refractivity contribution in [3.8, 4) is 0 Å². The zero-order valence-corrected chi connectivity index (χ0v) is 9.58. The summed E-state index contributed by atoms with van der Waals surface area (Å²) in [6.45, 7) is 2.35. The van der Waals surface area contributed by atoms with Crippen LogP contribution >= 0.6 is 0 Å². The van der Waals surface area contributed by atoms with Gasteiger partial charge in [-0.1, -0.05) is 56.5 Å². The standard InChI is InChI=1S/C14H21N/c1-14(10-6-3-7-11-14)13(15)12-8-4-2-5-9-12/h2,4-5,8-9,13H,3,6-7,10-11,15H2,1H3. The van der Waals surface area contributed by atoms with Crippen molar-refractivity contribution in [1.82, 2.24) is 0 Å². The molecule has 1 aliphatic carbocycles. The maximum Gasteiger partial charge on any atom is 0.0349 e. The van der Waals surface area contributed by atoms with Gasteiger partial charge in [-0.05, 0) is 23.8 Å². The van der Waals surface area contributed by atoms with Crippen LogP contribution < -0.4 is 5.73 Å². The van der Waals surface area contributed by atoms with E-state index in [-0.39, 0.29) is 6.04 Å². The van der Waals surface area contributed by atoms with Crippen LogP contribution in [0.25, 0.3) is 0 Å². The van der Waals surface area contributed by atoms with Gasteiger partial charge in [0.25, 0.3) is 0 Å². The minimum absolute atomic E-state index is 0.207. The largest absolute Gasteiger partial charge is 0.323 e. The maximum atomic E-state index is 6.40. The molecule has 0 spiro atoms. The van der Waals surface area contributed by atoms with E-state index in [0.29, 0.717) is 5.41 Å². The highest BCUT2D eigenvalue weighted by atomic mass is 14.7. The number of benzene rings is 1. The van der Waals surface area contributed by atoms with Crippen LogP contribution in [0.15, 0.2) is 30.3 Å². The molecule has 0 amide bonds. The predicted octanol–water partition coefficient (Wildman–Crippen LogP) is 3.66. The van der Waals surface area contributed by atoms with E-state index in [0.717, 1.165) is 0 Å². The lowest BCUT2D eigenvalue weighted by Crippen LogP contribution is -2.33. The van der Waals surface area contributed by atoms with E-state index in [4.69, 9.17) is 5.73 Å². The third kappa shape index (κ3) is 2.23. The Morgan fingerprint density at radius 1 is 1.07 bits per heavy atom. The second kappa shape index (κ2) is 4.36. The van der Waals surface area contributed by atoms with E-state index in [2.05, 4.69) is 37.3 Å². The van der Waals surface area contributed by atoms with Gasteiger partial charge in [0.2, 0.25) is 0 Å². The zero-order chi connectivity index (χ0) is 10.7. The van der Waals surface area contributed by atoms with Gasteiger partial charge in [-0.3, -0.25) is 0 Å². The van der Waals surface area contributed by atoms with Crippen LogP contribution in [-0.4, -0.2) is 0 Å². The maximum absolute atomic E-state index is 6.40. The van der Waals surface area contributed by atoms with E-state index in [1.165, 1.54) is 37.7 Å². The molecule has 1 aromatic rings. The Balaban J connectivity index is 2.16. The lowest BCUT2D eigenvalue weighted by atomic mass is 9.69. The Labute approximate surface area is 92.7 Å². The first-order chi connectivity index (χ1) is 7.22. The Kier molecular flexibility index (Phi) is 3.11. The molecule has 1 aliphatic rings. The molecular formula is C14H21N. The zero-order valence-electron chi connectivity index (χ0n) is 9.58. The van der Waals surface area contributed by atoms with E-state index >= 15 is 0 Å². The second-order valence-electron chi connectivity index (χ2n) is 5.10. The minimum Gasteiger partial charge on any atom is -0.323 e. The van der Waals surface area contributed by atoms with Crippen LogP contribution in [0, 0.1) is 5.41 Å². The molecule has 0 heterocycles. The van der Waals surface area contributed by atoms with Gasteiger partial charge in [0, 0.05) is 6.04 Å². The molecule has 0 saturated heterocycles. The Hall–Kier alpha value is -0.820. The molecule has 1 aromatic carbocycles. The lowest BCUT2D eigenvalue weighted by molar-refractivity contribution is 0.170. The highest BCUT2D eigenvalue weighted by molar-refractivity contribution is 5.20. The Bertz CT molecular complexity index is 298. The van der Waals surface area contributed by atoms with Crippen molar-refractivity contribution in [3.63, 3.8) is 0 Å². The predicted molar refractivity (Wildman–Crippen MR) is 64.6 cm³/mol. The summed E-state index contributed by atoms with van der Waals surface area (Å²) in [5, 5.41) is 0. The fourth-order valence-electron chi connectivity index (χ4n) is 2.73. The van der Waals surface area contributed by atoms with Crippen molar-refractivity contribution in [2.45, 2.75) is 45.1 Å². The molecule has 1 fully saturated rings. The van der Waals surface area contributed by atoms with Gasteiger partial charge in [-0.25, -0.2) is 0 Å². The minimum atomic E-state index is 0.207. The van der Waals surface area contributed by atoms with Crippen molar-refractivity contribution in [2.75, 3.05) is 0 Å². The first-order valence-electron chi connectivity index (χ1n) is 6.03. The first kappa shape index (κ1) is 10.7. The summed E-state index contributed by atoms with van der Waals surface area (Å²) in [6.07, 6.45) is 6.64. The number of hydrogen-bond donors (Lipinski definition) is 1. The highest BCUT2D eigenvalue weighted by Gasteiger charge is 2.33. The van der Waals surface area contributed by atoms with Gasteiger partial charge >= 0.3 is 0 Å². The summed E-state index contributed by atoms with van der Waals surface area (Å²) in [4.78, 5) is 0. The summed E-state index contributed by atoms with van der Waals surface area (Å²) in [5.41, 5.74) is 8.02. The summed E-state index contributed by atoms with van der Waals surface area (Å²) < 4.78 is 0. The van der Waals surface area contributed by atoms with Crippen LogP contribution in [0.5, 0.6) is 0 Å². The fraction of sp³-hybridized carbons (Fsp3) is 0.571. The van der Waals surface area contributed by atoms with Gasteiger partial charge in [0.05, 0.1) is 0 Å². The second-order valence-corrected chi connectivity index (χ2v) is 5.10. The topological polar surface area (TPSA) is 26.0 Å². The van der Waals surface area contributed by atoms with E-state index in [9.17, 15) is 0 Å². The van der Waals surface area contributed by atoms with Crippen LogP contribution in [-0.2, 0) is 0 Å². The van der Waals surface area contributed by atoms with Gasteiger partial charge in [0.15, 0.2) is 0 Å². The summed E-state index contributed by atoms with van der Waals surface area (Å²) in [7, 11) is 0. The molecule has 2 N–H and O–H groups in total. The van der Waals surface area contributed by atoms with Gasteiger partial charge < -0.3 is 5.73 Å². The molecule has 0 aromatic heterocycles. The smallest absolute Gasteiger partial charge is 0.0349 e. The van der Waals surface area contributed by atoms with Crippen molar-refractivity contribution >= 4 is 0 Å². The molecule has 0 radical (unpaired) electrons. The highest BCUT2D eigenvalue weighted by Crippen LogP contribution is 2.44. The van der Waals surface area contributed by atoms with Crippen molar-refractivity contribution in [1.29, 1.82) is 0 Å². The summed E-state index contributed by atoms with van der Waals surface area (Å²) in [6, 6.07) is 10.7. The molecule has 1 saturated carbocycles. The first-order valence-corrected chi connectivity index (χ1v) is 6.03. The average molecular weight is 203 g/mol. The summed E-state index contributed by atoms with van der Waals surface area (Å²) in [5.74, 6) is 0. The van der Waals surface area contributed by atoms with Crippen LogP contribution in [0.4, 0.5) is 0 Å². The molecule has 1 unspecified atom stereocenters. The van der Waals surface area contributed by atoms with Gasteiger partial charge in [-0.15, -0.1) is 0 Å². The molecule has 1 atom stereocenters. The number of nitrogens with two attached hydrogens (primary N) is 1. The normalized spacial score (nSPS) is 22.3. The fourth-order valence-corrected chi connectivity index (χ4v) is 2.73. The van der Waals surface area contributed by atoms with Crippen molar-refractivity contribution in [2.24, 2.45) is 11.1 Å². The average Bonchev–Trinajstić information content (AvgIpc) is 2.30. The third-order valence-corrected chi connectivity index (χ3v) is 3.91. The molecule has 1 nitrogen and oxygen atoms in total. The van der Waals surface area contributed by atoms with Crippen molar-refractivity contribution in [3.05, 3.63) is 35.9 Å². The SMILES string of the molecule is CC1(C(N)c2ccccc2)CCCCC1. The van der Waals surface area contributed by atoms with E-state index < -0.39 is 0 Å². The molecule has 15 heavy (non-hydrogen) atoms. The van der Waals surface area contributed by atoms with Gasteiger partial charge in [0.1, 0.15) is 0 Å². The van der Waals surface area contributed by atoms with E-state index in [1.807, 2.05) is 0 Å². The molecule has 0 bridgehead atoms. The van der Waals surface area contributed by atoms with Crippen molar-refractivity contribution < 1.29 is 0 Å². The molecule has 2 rings (SSSR count). The summed E-state index contributed by atoms with van der Waals surface area (Å²) >= 11 is 0. The quantitative estimate of drug-likeness (QED) is 0.780. The van der Waals surface area contributed by atoms with Crippen LogP contribution in [0.3, 0.4) is 0 Å². The number of rotatable bonds is 2. The number of hydrogen-bond acceptors (Lipinski definition) is 1. The third-order valence-electron chi connectivity index (χ3n) is 3.91. The van der Waals surface area contributed by atoms with Gasteiger partial charge in [-0.2, -0.15) is 0 Å². The van der Waals surface area contributed by atoms with Crippen LogP contribution in [0.1, 0.15) is 50.6 Å². The molecule has 82 valence electrons. The monoisotopic (exact) mass is 203 g/mol. The van der Waals surface area contributed by atoms with Crippen LogP contribution in [0.2, 0.25) is 0 Å². The Morgan fingerprint density at radius 3 is 2.27 bits per heavy atom. The van der Waals surface area contributed by atoms with E-state index in [1.54, 1.807) is 0 Å². The Morgan fingerprint density at radius 2 is 1.67 bits per heavy atom. The lowest BCUT2D eigenvalue weighted by Gasteiger charge is -2.39. The molecule has 0 aliphatic heterocycles.